The minimum absolute atomic E-state index is 0.130. The Morgan fingerprint density at radius 2 is 2.00 bits per heavy atom. The van der Waals surface area contributed by atoms with Crippen LogP contribution in [0.25, 0.3) is 0 Å². The van der Waals surface area contributed by atoms with Crippen molar-refractivity contribution in [3.05, 3.63) is 47.1 Å². The van der Waals surface area contributed by atoms with Gasteiger partial charge >= 0.3 is 0 Å². The normalized spacial score (nSPS) is 11.4. The second-order valence-corrected chi connectivity index (χ2v) is 6.23. The molecule has 0 bridgehead atoms. The first-order chi connectivity index (χ1) is 9.36. The summed E-state index contributed by atoms with van der Waals surface area (Å²) >= 11 is 6.11. The van der Waals surface area contributed by atoms with Crippen LogP contribution in [0.15, 0.2) is 30.6 Å². The van der Waals surface area contributed by atoms with E-state index in [1.807, 2.05) is 30.3 Å². The monoisotopic (exact) mass is 290 g/mol. The first kappa shape index (κ1) is 14.7. The molecule has 0 amide bonds. The van der Waals surface area contributed by atoms with Crippen LogP contribution < -0.4 is 4.90 Å². The number of nitrogens with zero attached hydrogens (tertiary/aromatic N) is 4. The highest BCUT2D eigenvalue weighted by atomic mass is 35.5. The van der Waals surface area contributed by atoms with Crippen LogP contribution in [-0.2, 0) is 12.0 Å². The largest absolute Gasteiger partial charge is 0.355 e. The molecule has 2 rings (SSSR count). The van der Waals surface area contributed by atoms with Gasteiger partial charge in [-0.1, -0.05) is 38.4 Å². The SMILES string of the molecule is CN(Cc1cccnc1)c1cc(Cl)nc(C(C)(C)C)n1. The fourth-order valence-corrected chi connectivity index (χ4v) is 1.96. The molecule has 0 aliphatic heterocycles. The van der Waals surface area contributed by atoms with Crippen LogP contribution in [0.2, 0.25) is 5.15 Å². The van der Waals surface area contributed by atoms with Gasteiger partial charge in [0.1, 0.15) is 16.8 Å². The number of rotatable bonds is 3. The molecule has 4 nitrogen and oxygen atoms in total. The molecule has 0 saturated carbocycles. The predicted octanol–water partition coefficient (Wildman–Crippen LogP) is 3.46. The molecule has 0 N–H and O–H groups in total. The van der Waals surface area contributed by atoms with Gasteiger partial charge in [0, 0.05) is 37.5 Å². The molecule has 0 atom stereocenters. The van der Waals surface area contributed by atoms with Crippen molar-refractivity contribution in [2.75, 3.05) is 11.9 Å². The summed E-state index contributed by atoms with van der Waals surface area (Å²) in [6.45, 7) is 6.95. The highest BCUT2D eigenvalue weighted by Gasteiger charge is 2.19. The second kappa shape index (κ2) is 5.75. The van der Waals surface area contributed by atoms with Gasteiger partial charge in [0.25, 0.3) is 0 Å². The quantitative estimate of drug-likeness (QED) is 0.812. The molecular formula is C15H19ClN4. The van der Waals surface area contributed by atoms with E-state index >= 15 is 0 Å². The minimum Gasteiger partial charge on any atom is -0.355 e. The van der Waals surface area contributed by atoms with Crippen molar-refractivity contribution in [3.63, 3.8) is 0 Å². The standard InChI is InChI=1S/C15H19ClN4/c1-15(2,3)14-18-12(16)8-13(19-14)20(4)10-11-6-5-7-17-9-11/h5-9H,10H2,1-4H3. The molecule has 0 fully saturated rings. The van der Waals surface area contributed by atoms with Gasteiger partial charge in [0.15, 0.2) is 0 Å². The lowest BCUT2D eigenvalue weighted by atomic mass is 9.96. The van der Waals surface area contributed by atoms with Gasteiger partial charge in [-0.25, -0.2) is 9.97 Å². The molecular weight excluding hydrogens is 272 g/mol. The zero-order chi connectivity index (χ0) is 14.8. The van der Waals surface area contributed by atoms with Crippen molar-refractivity contribution in [1.29, 1.82) is 0 Å². The van der Waals surface area contributed by atoms with Crippen molar-refractivity contribution < 1.29 is 0 Å². The third kappa shape index (κ3) is 3.67. The van der Waals surface area contributed by atoms with Crippen LogP contribution in [0.3, 0.4) is 0 Å². The number of anilines is 1. The van der Waals surface area contributed by atoms with E-state index in [4.69, 9.17) is 11.6 Å². The lowest BCUT2D eigenvalue weighted by Crippen LogP contribution is -2.22. The topological polar surface area (TPSA) is 41.9 Å². The summed E-state index contributed by atoms with van der Waals surface area (Å²) in [5.74, 6) is 1.57. The van der Waals surface area contributed by atoms with Crippen LogP contribution in [0, 0.1) is 0 Å². The Bertz CT molecular complexity index is 578. The van der Waals surface area contributed by atoms with Gasteiger partial charge in [-0.2, -0.15) is 0 Å². The van der Waals surface area contributed by atoms with E-state index in [0.29, 0.717) is 5.15 Å². The van der Waals surface area contributed by atoms with Crippen LogP contribution in [0.1, 0.15) is 32.2 Å². The van der Waals surface area contributed by atoms with E-state index in [1.165, 1.54) is 0 Å². The van der Waals surface area contributed by atoms with E-state index in [9.17, 15) is 0 Å². The molecule has 5 heteroatoms. The summed E-state index contributed by atoms with van der Waals surface area (Å²) in [4.78, 5) is 15.1. The zero-order valence-electron chi connectivity index (χ0n) is 12.3. The summed E-state index contributed by atoms with van der Waals surface area (Å²) in [6.07, 6.45) is 3.62. The maximum Gasteiger partial charge on any atom is 0.137 e. The van der Waals surface area contributed by atoms with Crippen LogP contribution >= 0.6 is 11.6 Å². The molecule has 2 aromatic heterocycles. The number of pyridine rings is 1. The van der Waals surface area contributed by atoms with Gasteiger partial charge in [0.2, 0.25) is 0 Å². The third-order valence-corrected chi connectivity index (χ3v) is 3.08. The summed E-state index contributed by atoms with van der Waals surface area (Å²) in [5, 5.41) is 0.470. The molecule has 106 valence electrons. The van der Waals surface area contributed by atoms with Gasteiger partial charge in [-0.05, 0) is 11.6 Å². The smallest absolute Gasteiger partial charge is 0.137 e. The molecule has 0 aromatic carbocycles. The summed E-state index contributed by atoms with van der Waals surface area (Å²) in [6, 6.07) is 5.75. The van der Waals surface area contributed by atoms with Crippen molar-refractivity contribution in [2.24, 2.45) is 0 Å². The Kier molecular flexibility index (Phi) is 4.23. The Labute approximate surface area is 124 Å². The van der Waals surface area contributed by atoms with Crippen LogP contribution in [-0.4, -0.2) is 22.0 Å². The maximum atomic E-state index is 6.11. The number of aromatic nitrogens is 3. The molecule has 0 aliphatic carbocycles. The predicted molar refractivity (Wildman–Crippen MR) is 82.1 cm³/mol. The lowest BCUT2D eigenvalue weighted by molar-refractivity contribution is 0.544. The Balaban J connectivity index is 2.26. The fourth-order valence-electron chi connectivity index (χ4n) is 1.78. The molecule has 2 aromatic rings. The van der Waals surface area contributed by atoms with E-state index < -0.39 is 0 Å². The van der Waals surface area contributed by atoms with Crippen molar-refractivity contribution in [1.82, 2.24) is 15.0 Å². The van der Waals surface area contributed by atoms with Gasteiger partial charge in [-0.3, -0.25) is 4.98 Å². The highest BCUT2D eigenvalue weighted by Crippen LogP contribution is 2.24. The maximum absolute atomic E-state index is 6.11. The third-order valence-electron chi connectivity index (χ3n) is 2.89. The summed E-state index contributed by atoms with van der Waals surface area (Å²) in [5.41, 5.74) is 0.997. The van der Waals surface area contributed by atoms with Crippen LogP contribution in [0.5, 0.6) is 0 Å². The Morgan fingerprint density at radius 1 is 1.25 bits per heavy atom. The van der Waals surface area contributed by atoms with E-state index in [2.05, 4.69) is 35.7 Å². The molecule has 0 saturated heterocycles. The average molecular weight is 291 g/mol. The number of hydrogen-bond acceptors (Lipinski definition) is 4. The highest BCUT2D eigenvalue weighted by molar-refractivity contribution is 6.29. The van der Waals surface area contributed by atoms with E-state index in [1.54, 1.807) is 12.3 Å². The molecule has 0 aliphatic rings. The Hall–Kier alpha value is -1.68. The molecule has 20 heavy (non-hydrogen) atoms. The number of halogens is 1. The van der Waals surface area contributed by atoms with Gasteiger partial charge in [-0.15, -0.1) is 0 Å². The fraction of sp³-hybridized carbons (Fsp3) is 0.400. The molecule has 2 heterocycles. The zero-order valence-corrected chi connectivity index (χ0v) is 13.0. The summed E-state index contributed by atoms with van der Waals surface area (Å²) in [7, 11) is 1.98. The van der Waals surface area contributed by atoms with Crippen molar-refractivity contribution in [3.8, 4) is 0 Å². The van der Waals surface area contributed by atoms with E-state index in [0.717, 1.165) is 23.8 Å². The summed E-state index contributed by atoms with van der Waals surface area (Å²) < 4.78 is 0. The first-order valence-corrected chi connectivity index (χ1v) is 6.89. The van der Waals surface area contributed by atoms with Gasteiger partial charge < -0.3 is 4.90 Å². The molecule has 0 unspecified atom stereocenters. The van der Waals surface area contributed by atoms with Gasteiger partial charge in [0.05, 0.1) is 0 Å². The Morgan fingerprint density at radius 3 is 2.60 bits per heavy atom. The lowest BCUT2D eigenvalue weighted by Gasteiger charge is -2.22. The number of hydrogen-bond donors (Lipinski definition) is 0. The first-order valence-electron chi connectivity index (χ1n) is 6.51. The minimum atomic E-state index is -0.130. The van der Waals surface area contributed by atoms with Crippen molar-refractivity contribution >= 4 is 17.4 Å². The van der Waals surface area contributed by atoms with Crippen LogP contribution in [0.4, 0.5) is 5.82 Å². The van der Waals surface area contributed by atoms with Crippen molar-refractivity contribution in [2.45, 2.75) is 32.7 Å². The second-order valence-electron chi connectivity index (χ2n) is 5.84. The molecule has 0 spiro atoms. The van der Waals surface area contributed by atoms with E-state index in [-0.39, 0.29) is 5.41 Å². The average Bonchev–Trinajstić information content (AvgIpc) is 2.38. The molecule has 0 radical (unpaired) electrons.